The highest BCUT2D eigenvalue weighted by Crippen LogP contribution is 2.38. The predicted octanol–water partition coefficient (Wildman–Crippen LogP) is 2.62. The van der Waals surface area contributed by atoms with Gasteiger partial charge in [-0.25, -0.2) is 0 Å². The first kappa shape index (κ1) is 16.8. The van der Waals surface area contributed by atoms with E-state index in [-0.39, 0.29) is 17.8 Å². The first-order chi connectivity index (χ1) is 9.42. The molecule has 0 bridgehead atoms. The maximum Gasteiger partial charge on any atom is 0.234 e. The highest BCUT2D eigenvalue weighted by molar-refractivity contribution is 6.07. The van der Waals surface area contributed by atoms with Gasteiger partial charge in [0.2, 0.25) is 5.91 Å². The molecule has 1 saturated carbocycles. The summed E-state index contributed by atoms with van der Waals surface area (Å²) in [6.45, 7) is 6.43. The number of amides is 1. The summed E-state index contributed by atoms with van der Waals surface area (Å²) in [6.07, 6.45) is 6.50. The Bertz CT molecular complexity index is 347. The molecule has 5 heteroatoms. The smallest absolute Gasteiger partial charge is 0.234 e. The first-order valence-electron chi connectivity index (χ1n) is 7.71. The number of hydrogen-bond acceptors (Lipinski definition) is 3. The quantitative estimate of drug-likeness (QED) is 0.290. The Morgan fingerprint density at radius 3 is 2.40 bits per heavy atom. The van der Waals surface area contributed by atoms with Crippen LogP contribution in [-0.4, -0.2) is 23.0 Å². The average Bonchev–Trinajstić information content (AvgIpc) is 2.87. The number of nitrogens with zero attached hydrogens (tertiary/aromatic N) is 1. The van der Waals surface area contributed by atoms with Crippen LogP contribution in [0.15, 0.2) is 5.16 Å². The van der Waals surface area contributed by atoms with Crippen molar-refractivity contribution in [3.8, 4) is 0 Å². The monoisotopic (exact) mass is 283 g/mol. The van der Waals surface area contributed by atoms with Crippen molar-refractivity contribution in [2.24, 2.45) is 22.2 Å². The van der Waals surface area contributed by atoms with Gasteiger partial charge in [0.05, 0.1) is 0 Å². The summed E-state index contributed by atoms with van der Waals surface area (Å²) in [6, 6.07) is 0.130. The van der Waals surface area contributed by atoms with Crippen LogP contribution in [0.5, 0.6) is 0 Å². The second-order valence-electron chi connectivity index (χ2n) is 6.47. The van der Waals surface area contributed by atoms with E-state index in [1.54, 1.807) is 0 Å². The predicted molar refractivity (Wildman–Crippen MR) is 80.6 cm³/mol. The average molecular weight is 283 g/mol. The van der Waals surface area contributed by atoms with E-state index in [1.165, 1.54) is 6.42 Å². The topological polar surface area (TPSA) is 87.7 Å². The second kappa shape index (κ2) is 7.50. The summed E-state index contributed by atoms with van der Waals surface area (Å²) in [5.74, 6) is 0.667. The van der Waals surface area contributed by atoms with Crippen LogP contribution in [-0.2, 0) is 4.79 Å². The van der Waals surface area contributed by atoms with Gasteiger partial charge in [0, 0.05) is 6.04 Å². The van der Waals surface area contributed by atoms with Crippen molar-refractivity contribution in [1.82, 2.24) is 5.32 Å². The van der Waals surface area contributed by atoms with Crippen LogP contribution in [0, 0.1) is 11.3 Å². The molecule has 1 fully saturated rings. The molecular formula is C15H29N3O2. The first-order valence-corrected chi connectivity index (χ1v) is 7.71. The molecule has 4 N–H and O–H groups in total. The zero-order valence-electron chi connectivity index (χ0n) is 13.0. The fraction of sp³-hybridized carbons (Fsp3) is 0.867. The number of nitrogens with one attached hydrogen (secondary N) is 1. The number of carbonyl (C=O) groups is 1. The number of carbonyl (C=O) groups excluding carboxylic acids is 1. The van der Waals surface area contributed by atoms with Crippen LogP contribution in [0.4, 0.5) is 0 Å². The zero-order chi connectivity index (χ0) is 15.2. The Labute approximate surface area is 122 Å². The summed E-state index contributed by atoms with van der Waals surface area (Å²) in [7, 11) is 0. The third kappa shape index (κ3) is 4.12. The van der Waals surface area contributed by atoms with E-state index < -0.39 is 5.41 Å². The van der Waals surface area contributed by atoms with Gasteiger partial charge in [-0.3, -0.25) is 4.79 Å². The lowest BCUT2D eigenvalue weighted by molar-refractivity contribution is -0.128. The van der Waals surface area contributed by atoms with E-state index in [1.807, 2.05) is 6.92 Å². The molecule has 0 radical (unpaired) electrons. The van der Waals surface area contributed by atoms with Gasteiger partial charge < -0.3 is 16.3 Å². The van der Waals surface area contributed by atoms with E-state index in [2.05, 4.69) is 24.3 Å². The van der Waals surface area contributed by atoms with Crippen LogP contribution in [0.3, 0.4) is 0 Å². The molecule has 5 nitrogen and oxygen atoms in total. The van der Waals surface area contributed by atoms with Gasteiger partial charge in [-0.1, -0.05) is 44.7 Å². The van der Waals surface area contributed by atoms with Gasteiger partial charge in [-0.2, -0.15) is 0 Å². The fourth-order valence-electron chi connectivity index (χ4n) is 2.94. The molecule has 1 aliphatic carbocycles. The molecule has 20 heavy (non-hydrogen) atoms. The molecule has 1 amide bonds. The molecule has 0 heterocycles. The van der Waals surface area contributed by atoms with Gasteiger partial charge >= 0.3 is 0 Å². The Hall–Kier alpha value is -1.26. The van der Waals surface area contributed by atoms with E-state index >= 15 is 0 Å². The number of amidine groups is 1. The molecule has 116 valence electrons. The van der Waals surface area contributed by atoms with Gasteiger partial charge in [-0.05, 0) is 32.1 Å². The lowest BCUT2D eigenvalue weighted by atomic mass is 9.83. The number of rotatable bonds is 7. The zero-order valence-corrected chi connectivity index (χ0v) is 13.0. The summed E-state index contributed by atoms with van der Waals surface area (Å²) in [5, 5.41) is 15.1. The van der Waals surface area contributed by atoms with Gasteiger partial charge in [-0.15, -0.1) is 0 Å². The normalized spacial score (nSPS) is 20.1. The van der Waals surface area contributed by atoms with E-state index in [0.717, 1.165) is 25.7 Å². The van der Waals surface area contributed by atoms with Crippen LogP contribution in [0.25, 0.3) is 0 Å². The largest absolute Gasteiger partial charge is 0.409 e. The van der Waals surface area contributed by atoms with Crippen molar-refractivity contribution < 1.29 is 10.0 Å². The molecular weight excluding hydrogens is 254 g/mol. The lowest BCUT2D eigenvalue weighted by Gasteiger charge is -2.28. The lowest BCUT2D eigenvalue weighted by Crippen LogP contribution is -2.50. The molecule has 0 aromatic carbocycles. The highest BCUT2D eigenvalue weighted by Gasteiger charge is 2.45. The Kier molecular flexibility index (Phi) is 6.30. The molecule has 1 unspecified atom stereocenters. The molecule has 1 rings (SSSR count). The Morgan fingerprint density at radius 1 is 1.30 bits per heavy atom. The van der Waals surface area contributed by atoms with E-state index in [9.17, 15) is 4.79 Å². The van der Waals surface area contributed by atoms with Crippen molar-refractivity contribution in [2.75, 3.05) is 0 Å². The van der Waals surface area contributed by atoms with Crippen molar-refractivity contribution >= 4 is 11.7 Å². The third-order valence-electron chi connectivity index (χ3n) is 4.29. The second-order valence-corrected chi connectivity index (χ2v) is 6.47. The van der Waals surface area contributed by atoms with Crippen LogP contribution in [0.1, 0.15) is 65.7 Å². The van der Waals surface area contributed by atoms with Gasteiger partial charge in [0.15, 0.2) is 5.84 Å². The van der Waals surface area contributed by atoms with Crippen LogP contribution in [0.2, 0.25) is 0 Å². The molecule has 0 aromatic rings. The minimum absolute atomic E-state index is 0.0573. The third-order valence-corrected chi connectivity index (χ3v) is 4.29. The number of oxime groups is 1. The van der Waals surface area contributed by atoms with Crippen molar-refractivity contribution in [1.29, 1.82) is 0 Å². The molecule has 0 aliphatic heterocycles. The van der Waals surface area contributed by atoms with Gasteiger partial charge in [0.1, 0.15) is 5.41 Å². The van der Waals surface area contributed by atoms with Crippen LogP contribution < -0.4 is 11.1 Å². The fourth-order valence-corrected chi connectivity index (χ4v) is 2.94. The highest BCUT2D eigenvalue weighted by atomic mass is 16.4. The maximum absolute atomic E-state index is 12.5. The summed E-state index contributed by atoms with van der Waals surface area (Å²) in [4.78, 5) is 12.5. The van der Waals surface area contributed by atoms with Crippen molar-refractivity contribution in [3.63, 3.8) is 0 Å². The number of hydrogen-bond donors (Lipinski definition) is 3. The molecule has 0 aromatic heterocycles. The molecule has 1 atom stereocenters. The Balaban J connectivity index is 2.55. The van der Waals surface area contributed by atoms with E-state index in [0.29, 0.717) is 18.8 Å². The summed E-state index contributed by atoms with van der Waals surface area (Å²) >= 11 is 0. The van der Waals surface area contributed by atoms with Crippen molar-refractivity contribution in [3.05, 3.63) is 0 Å². The van der Waals surface area contributed by atoms with Gasteiger partial charge in [0.25, 0.3) is 0 Å². The Morgan fingerprint density at radius 2 is 1.90 bits per heavy atom. The molecule has 0 spiro atoms. The number of nitrogens with two attached hydrogens (primary N) is 1. The summed E-state index contributed by atoms with van der Waals surface area (Å²) in [5.41, 5.74) is 4.98. The molecule has 0 saturated heterocycles. The van der Waals surface area contributed by atoms with Crippen LogP contribution >= 0.6 is 0 Å². The molecule has 1 aliphatic rings. The maximum atomic E-state index is 12.5. The standard InChI is InChI=1S/C15H29N3O2/c1-11(2)7-6-8-12(3)17-14(19)15(13(16)18-20)9-4-5-10-15/h11-12,20H,4-10H2,1-3H3,(H2,16,18)(H,17,19). The van der Waals surface area contributed by atoms with E-state index in [4.69, 9.17) is 10.9 Å². The van der Waals surface area contributed by atoms with Crippen molar-refractivity contribution in [2.45, 2.75) is 71.8 Å². The minimum atomic E-state index is -0.791. The SMILES string of the molecule is CC(C)CCCC(C)NC(=O)C1(C(N)=NO)CCCC1. The summed E-state index contributed by atoms with van der Waals surface area (Å²) < 4.78 is 0. The minimum Gasteiger partial charge on any atom is -0.409 e.